The second kappa shape index (κ2) is 2.65. The number of aromatic nitrogens is 1. The van der Waals surface area contributed by atoms with Gasteiger partial charge in [0.05, 0.1) is 0 Å². The normalized spacial score (nSPS) is 10.0. The summed E-state index contributed by atoms with van der Waals surface area (Å²) in [6.07, 6.45) is 2.94. The molecule has 1 amide bonds. The number of benzene rings is 1. The highest BCUT2D eigenvalue weighted by molar-refractivity contribution is 5.81. The van der Waals surface area contributed by atoms with E-state index in [1.165, 1.54) is 6.39 Å². The average molecular weight is 161 g/mol. The minimum absolute atomic E-state index is 0.659. The lowest BCUT2D eigenvalue weighted by Crippen LogP contribution is -1.92. The molecular weight excluding hydrogens is 156 g/mol. The second-order valence-electron chi connectivity index (χ2n) is 2.26. The van der Waals surface area contributed by atoms with Crippen molar-refractivity contribution < 1.29 is 9.21 Å². The predicted molar refractivity (Wildman–Crippen MR) is 43.3 cm³/mol. The van der Waals surface area contributed by atoms with E-state index < -0.39 is 0 Å². The van der Waals surface area contributed by atoms with Gasteiger partial charge in [0.25, 0.3) is 0 Å². The number of amides is 1. The van der Waals surface area contributed by atoms with Gasteiger partial charge in [-0.1, -0.05) is 0 Å². The van der Waals surface area contributed by atoms with Crippen molar-refractivity contribution in [2.24, 2.45) is 0 Å². The molecule has 0 saturated carbocycles. The van der Waals surface area contributed by atoms with E-state index >= 15 is 0 Å². The largest absolute Gasteiger partial charge is 0.443 e. The molecule has 0 aliphatic carbocycles. The first kappa shape index (κ1) is 6.84. The highest BCUT2D eigenvalue weighted by Gasteiger charge is 1.98. The number of hydrogen-bond acceptors (Lipinski definition) is 3. The van der Waals surface area contributed by atoms with Crippen molar-refractivity contribution >= 4 is 23.2 Å². The molecule has 0 unspecified atom stereocenters. The topological polar surface area (TPSA) is 55.1 Å². The number of nitrogens with one attached hydrogen (secondary N) is 1. The van der Waals surface area contributed by atoms with Crippen LogP contribution < -0.4 is 5.32 Å². The molecule has 59 valence electrons. The molecule has 0 spiro atoms. The Morgan fingerprint density at radius 2 is 2.42 bits per heavy atom. The fourth-order valence-electron chi connectivity index (χ4n) is 0.995. The Hall–Kier alpha value is -1.84. The Bertz CT molecular complexity index is 408. The summed E-state index contributed by atoms with van der Waals surface area (Å²) in [5, 5.41) is 2.40. The van der Waals surface area contributed by atoms with Crippen molar-refractivity contribution in [2.75, 3.05) is 5.32 Å². The van der Waals surface area contributed by atoms with Gasteiger partial charge in [-0.25, -0.2) is 4.98 Å². The van der Waals surface area contributed by atoms with Gasteiger partial charge in [-0.2, -0.15) is 0 Å². The first-order valence-electron chi connectivity index (χ1n) is 3.36. The third-order valence-corrected chi connectivity index (χ3v) is 1.53. The molecule has 0 aliphatic rings. The van der Waals surface area contributed by atoms with Gasteiger partial charge in [0.1, 0.15) is 5.52 Å². The molecule has 1 radical (unpaired) electrons. The summed E-state index contributed by atoms with van der Waals surface area (Å²) in [6.45, 7) is 0. The lowest BCUT2D eigenvalue weighted by Gasteiger charge is -1.94. The third-order valence-electron chi connectivity index (χ3n) is 1.53. The van der Waals surface area contributed by atoms with Crippen LogP contribution in [0.1, 0.15) is 0 Å². The van der Waals surface area contributed by atoms with Crippen molar-refractivity contribution in [2.45, 2.75) is 0 Å². The van der Waals surface area contributed by atoms with Crippen molar-refractivity contribution in [1.82, 2.24) is 4.98 Å². The highest BCUT2D eigenvalue weighted by atomic mass is 16.3. The molecule has 1 heterocycles. The van der Waals surface area contributed by atoms with Gasteiger partial charge >= 0.3 is 6.41 Å². The maximum absolute atomic E-state index is 9.97. The number of fused-ring (bicyclic) bond motifs is 1. The number of hydrogen-bond donors (Lipinski definition) is 1. The fraction of sp³-hybridized carbons (Fsp3) is 0. The molecule has 0 saturated heterocycles. The lowest BCUT2D eigenvalue weighted by atomic mass is 10.3. The smallest absolute Gasteiger partial charge is 0.314 e. The predicted octanol–water partition coefficient (Wildman–Crippen LogP) is 1.31. The summed E-state index contributed by atoms with van der Waals surface area (Å²) in [7, 11) is 0. The summed E-state index contributed by atoms with van der Waals surface area (Å²) < 4.78 is 5.01. The molecular formula is C8H5N2O2. The SMILES string of the molecule is O=[C]Nc1ccc2ocnc2c1. The maximum Gasteiger partial charge on any atom is 0.314 e. The van der Waals surface area contributed by atoms with E-state index in [0.717, 1.165) is 5.52 Å². The number of anilines is 1. The Morgan fingerprint density at radius 3 is 3.25 bits per heavy atom. The summed E-state index contributed by atoms with van der Waals surface area (Å²) in [5.41, 5.74) is 2.08. The molecule has 4 nitrogen and oxygen atoms in total. The van der Waals surface area contributed by atoms with E-state index in [-0.39, 0.29) is 0 Å². The summed E-state index contributed by atoms with van der Waals surface area (Å²) >= 11 is 0. The van der Waals surface area contributed by atoms with Gasteiger partial charge < -0.3 is 9.73 Å². The Balaban J connectivity index is 2.52. The van der Waals surface area contributed by atoms with Gasteiger partial charge in [-0.15, -0.1) is 0 Å². The van der Waals surface area contributed by atoms with Crippen LogP contribution in [0.5, 0.6) is 0 Å². The number of carbonyl (C=O) groups excluding carboxylic acids is 1. The zero-order valence-corrected chi connectivity index (χ0v) is 6.07. The van der Waals surface area contributed by atoms with Crippen LogP contribution in [0.15, 0.2) is 29.0 Å². The monoisotopic (exact) mass is 161 g/mol. The van der Waals surface area contributed by atoms with Gasteiger partial charge in [0, 0.05) is 5.69 Å². The summed E-state index contributed by atoms with van der Waals surface area (Å²) in [4.78, 5) is 13.9. The number of nitrogens with zero attached hydrogens (tertiary/aromatic N) is 1. The molecule has 0 aliphatic heterocycles. The van der Waals surface area contributed by atoms with Crippen molar-refractivity contribution in [1.29, 1.82) is 0 Å². The fourth-order valence-corrected chi connectivity index (χ4v) is 0.995. The Labute approximate surface area is 68.2 Å². The third kappa shape index (κ3) is 1.03. The van der Waals surface area contributed by atoms with E-state index in [2.05, 4.69) is 10.3 Å². The molecule has 1 N–H and O–H groups in total. The zero-order valence-electron chi connectivity index (χ0n) is 6.07. The van der Waals surface area contributed by atoms with Crippen LogP contribution in [0.25, 0.3) is 11.1 Å². The van der Waals surface area contributed by atoms with Crippen LogP contribution in [0.4, 0.5) is 5.69 Å². The van der Waals surface area contributed by atoms with Crippen molar-refractivity contribution in [3.8, 4) is 0 Å². The molecule has 4 heteroatoms. The molecule has 0 atom stereocenters. The second-order valence-corrected chi connectivity index (χ2v) is 2.26. The van der Waals surface area contributed by atoms with Gasteiger partial charge in [0.2, 0.25) is 0 Å². The lowest BCUT2D eigenvalue weighted by molar-refractivity contribution is 0.561. The van der Waals surface area contributed by atoms with Crippen LogP contribution in [0.2, 0.25) is 0 Å². The van der Waals surface area contributed by atoms with Crippen LogP contribution >= 0.6 is 0 Å². The Morgan fingerprint density at radius 1 is 1.50 bits per heavy atom. The molecule has 0 bridgehead atoms. The van der Waals surface area contributed by atoms with Crippen molar-refractivity contribution in [3.05, 3.63) is 24.6 Å². The average Bonchev–Trinajstić information content (AvgIpc) is 2.51. The number of rotatable bonds is 2. The standard InChI is InChI=1S/C8H5N2O2/c11-4-9-6-1-2-8-7(3-6)10-5-12-8/h1-3,5H,(H,9,11). The summed E-state index contributed by atoms with van der Waals surface area (Å²) in [6, 6.07) is 5.17. The minimum Gasteiger partial charge on any atom is -0.443 e. The molecule has 2 rings (SSSR count). The van der Waals surface area contributed by atoms with E-state index in [9.17, 15) is 4.79 Å². The van der Waals surface area contributed by atoms with Gasteiger partial charge in [-0.3, -0.25) is 4.79 Å². The van der Waals surface area contributed by atoms with Crippen LogP contribution in [-0.4, -0.2) is 11.4 Å². The van der Waals surface area contributed by atoms with Crippen LogP contribution in [-0.2, 0) is 4.79 Å². The first-order chi connectivity index (χ1) is 5.90. The quantitative estimate of drug-likeness (QED) is 0.675. The summed E-state index contributed by atoms with van der Waals surface area (Å²) in [5.74, 6) is 0. The van der Waals surface area contributed by atoms with E-state index in [1.807, 2.05) is 0 Å². The number of oxazole rings is 1. The zero-order chi connectivity index (χ0) is 8.39. The molecule has 1 aromatic carbocycles. The van der Waals surface area contributed by atoms with Crippen LogP contribution in [0, 0.1) is 0 Å². The van der Waals surface area contributed by atoms with E-state index in [4.69, 9.17) is 4.42 Å². The van der Waals surface area contributed by atoms with Crippen molar-refractivity contribution in [3.63, 3.8) is 0 Å². The van der Waals surface area contributed by atoms with Crippen LogP contribution in [0.3, 0.4) is 0 Å². The van der Waals surface area contributed by atoms with E-state index in [0.29, 0.717) is 11.3 Å². The van der Waals surface area contributed by atoms with Gasteiger partial charge in [0.15, 0.2) is 12.0 Å². The van der Waals surface area contributed by atoms with Gasteiger partial charge in [-0.05, 0) is 18.2 Å². The molecule has 1 aromatic heterocycles. The first-order valence-corrected chi connectivity index (χ1v) is 3.36. The highest BCUT2D eigenvalue weighted by Crippen LogP contribution is 2.16. The minimum atomic E-state index is 0.659. The molecule has 12 heavy (non-hydrogen) atoms. The molecule has 0 fully saturated rings. The molecule has 2 aromatic rings. The maximum atomic E-state index is 9.97. The Kier molecular flexibility index (Phi) is 1.51. The van der Waals surface area contributed by atoms with E-state index in [1.54, 1.807) is 24.6 Å².